The average Bonchev–Trinajstić information content (AvgIpc) is 2.67. The zero-order chi connectivity index (χ0) is 19.6. The lowest BCUT2D eigenvalue weighted by Gasteiger charge is -2.37. The van der Waals surface area contributed by atoms with Gasteiger partial charge in [0.1, 0.15) is 5.69 Å². The van der Waals surface area contributed by atoms with Crippen molar-refractivity contribution in [2.45, 2.75) is 0 Å². The van der Waals surface area contributed by atoms with Crippen molar-refractivity contribution in [1.82, 2.24) is 0 Å². The molecule has 9 nitrogen and oxygen atoms in total. The summed E-state index contributed by atoms with van der Waals surface area (Å²) in [5.74, 6) is -0.290. The molecule has 0 atom stereocenters. The van der Waals surface area contributed by atoms with Gasteiger partial charge in [-0.15, -0.1) is 0 Å². The number of non-ortho nitro benzene ring substituents is 1. The number of ether oxygens (including phenoxy) is 1. The van der Waals surface area contributed by atoms with Crippen LogP contribution in [0.5, 0.6) is 5.75 Å². The fourth-order valence-corrected chi connectivity index (χ4v) is 3.10. The molecule has 0 aromatic heterocycles. The minimum absolute atomic E-state index is 0.166. The summed E-state index contributed by atoms with van der Waals surface area (Å²) in [4.78, 5) is 24.7. The molecule has 1 aliphatic rings. The van der Waals surface area contributed by atoms with Crippen molar-refractivity contribution in [3.8, 4) is 5.75 Å². The van der Waals surface area contributed by atoms with Crippen LogP contribution in [0.1, 0.15) is 0 Å². The second-order valence-corrected chi connectivity index (χ2v) is 5.98. The summed E-state index contributed by atoms with van der Waals surface area (Å²) in [5, 5.41) is 22.2. The van der Waals surface area contributed by atoms with Crippen LogP contribution in [0.4, 0.5) is 27.1 Å². The van der Waals surface area contributed by atoms with E-state index >= 15 is 0 Å². The molecule has 27 heavy (non-hydrogen) atoms. The van der Waals surface area contributed by atoms with E-state index in [-0.39, 0.29) is 17.1 Å². The number of piperazine rings is 1. The summed E-state index contributed by atoms with van der Waals surface area (Å²) in [6, 6.07) is 8.33. The normalized spacial score (nSPS) is 14.1. The maximum absolute atomic E-state index is 13.9. The van der Waals surface area contributed by atoms with Gasteiger partial charge in [0.25, 0.3) is 11.4 Å². The van der Waals surface area contributed by atoms with Gasteiger partial charge in [-0.1, -0.05) is 0 Å². The van der Waals surface area contributed by atoms with Crippen molar-refractivity contribution < 1.29 is 19.0 Å². The van der Waals surface area contributed by atoms with Gasteiger partial charge in [-0.25, -0.2) is 4.39 Å². The maximum atomic E-state index is 13.9. The molecule has 1 saturated heterocycles. The average molecular weight is 376 g/mol. The molecule has 0 amide bonds. The standard InChI is InChI=1S/C17H17FN4O5/c1-27-17-5-3-12(10-14(17)18)19-6-8-20(9-7-19)15-4-2-13(21(23)24)11-16(15)22(25)26/h2-5,10-11H,6-9H2,1H3. The molecule has 2 aromatic rings. The molecular formula is C17H17FN4O5. The summed E-state index contributed by atoms with van der Waals surface area (Å²) in [5.41, 5.74) is 0.420. The number of nitro benzene ring substituents is 2. The second-order valence-electron chi connectivity index (χ2n) is 5.98. The molecule has 10 heteroatoms. The highest BCUT2D eigenvalue weighted by Gasteiger charge is 2.26. The van der Waals surface area contributed by atoms with Crippen molar-refractivity contribution in [3.05, 3.63) is 62.4 Å². The Morgan fingerprint density at radius 3 is 2.19 bits per heavy atom. The highest BCUT2D eigenvalue weighted by Crippen LogP contribution is 2.33. The molecule has 0 saturated carbocycles. The molecule has 0 unspecified atom stereocenters. The van der Waals surface area contributed by atoms with Crippen molar-refractivity contribution in [2.24, 2.45) is 0 Å². The Morgan fingerprint density at radius 1 is 0.963 bits per heavy atom. The van der Waals surface area contributed by atoms with E-state index in [2.05, 4.69) is 0 Å². The fraction of sp³-hybridized carbons (Fsp3) is 0.294. The molecular weight excluding hydrogens is 359 g/mol. The van der Waals surface area contributed by atoms with Crippen LogP contribution in [-0.2, 0) is 0 Å². The first-order valence-electron chi connectivity index (χ1n) is 8.17. The van der Waals surface area contributed by atoms with E-state index in [9.17, 15) is 24.6 Å². The summed E-state index contributed by atoms with van der Waals surface area (Å²) >= 11 is 0. The third-order valence-corrected chi connectivity index (χ3v) is 4.49. The Morgan fingerprint density at radius 2 is 1.63 bits per heavy atom. The topological polar surface area (TPSA) is 102 Å². The molecule has 1 fully saturated rings. The van der Waals surface area contributed by atoms with Crippen LogP contribution in [0.15, 0.2) is 36.4 Å². The summed E-state index contributed by atoms with van der Waals surface area (Å²) in [7, 11) is 1.40. The number of nitro groups is 2. The largest absolute Gasteiger partial charge is 0.494 e. The Balaban J connectivity index is 1.77. The molecule has 0 bridgehead atoms. The van der Waals surface area contributed by atoms with Gasteiger partial charge in [0, 0.05) is 44.0 Å². The number of methoxy groups -OCH3 is 1. The molecule has 0 aliphatic carbocycles. The van der Waals surface area contributed by atoms with Crippen molar-refractivity contribution in [2.75, 3.05) is 43.1 Å². The van der Waals surface area contributed by atoms with Crippen LogP contribution in [0.3, 0.4) is 0 Å². The predicted octanol–water partition coefficient (Wildman–Crippen LogP) is 2.98. The molecule has 3 rings (SSSR count). The smallest absolute Gasteiger partial charge is 0.299 e. The van der Waals surface area contributed by atoms with Crippen LogP contribution in [-0.4, -0.2) is 43.1 Å². The Labute approximate surface area is 153 Å². The van der Waals surface area contributed by atoms with E-state index < -0.39 is 15.7 Å². The lowest BCUT2D eigenvalue weighted by atomic mass is 10.2. The van der Waals surface area contributed by atoms with E-state index in [1.807, 2.05) is 4.90 Å². The maximum Gasteiger partial charge on any atom is 0.299 e. The molecule has 1 aliphatic heterocycles. The highest BCUT2D eigenvalue weighted by atomic mass is 19.1. The fourth-order valence-electron chi connectivity index (χ4n) is 3.10. The SMILES string of the molecule is COc1ccc(N2CCN(c3ccc([N+](=O)[O-])cc3[N+](=O)[O-])CC2)cc1F. The third-order valence-electron chi connectivity index (χ3n) is 4.49. The van der Waals surface area contributed by atoms with Gasteiger partial charge in [-0.2, -0.15) is 0 Å². The molecule has 1 heterocycles. The van der Waals surface area contributed by atoms with E-state index in [1.165, 1.54) is 25.3 Å². The minimum Gasteiger partial charge on any atom is -0.494 e. The van der Waals surface area contributed by atoms with Gasteiger partial charge in [0.05, 0.1) is 23.0 Å². The van der Waals surface area contributed by atoms with Gasteiger partial charge in [0.2, 0.25) is 0 Å². The minimum atomic E-state index is -0.660. The van der Waals surface area contributed by atoms with E-state index in [0.717, 1.165) is 6.07 Å². The Hall–Kier alpha value is -3.43. The number of benzene rings is 2. The lowest BCUT2D eigenvalue weighted by Crippen LogP contribution is -2.46. The van der Waals surface area contributed by atoms with Crippen LogP contribution < -0.4 is 14.5 Å². The molecule has 0 N–H and O–H groups in total. The van der Waals surface area contributed by atoms with Gasteiger partial charge in [0.15, 0.2) is 11.6 Å². The highest BCUT2D eigenvalue weighted by molar-refractivity contribution is 5.67. The van der Waals surface area contributed by atoms with Gasteiger partial charge < -0.3 is 14.5 Å². The summed E-state index contributed by atoms with van der Waals surface area (Å²) in [6.45, 7) is 1.98. The number of nitrogens with zero attached hydrogens (tertiary/aromatic N) is 4. The van der Waals surface area contributed by atoms with Crippen molar-refractivity contribution in [3.63, 3.8) is 0 Å². The van der Waals surface area contributed by atoms with Crippen LogP contribution in [0, 0.1) is 26.0 Å². The number of hydrogen-bond acceptors (Lipinski definition) is 7. The number of halogens is 1. The van der Waals surface area contributed by atoms with Gasteiger partial charge in [-0.3, -0.25) is 20.2 Å². The van der Waals surface area contributed by atoms with E-state index in [4.69, 9.17) is 4.74 Å². The Bertz CT molecular complexity index is 884. The van der Waals surface area contributed by atoms with E-state index in [0.29, 0.717) is 37.6 Å². The van der Waals surface area contributed by atoms with Crippen LogP contribution in [0.25, 0.3) is 0 Å². The lowest BCUT2D eigenvalue weighted by molar-refractivity contribution is -0.393. The zero-order valence-corrected chi connectivity index (χ0v) is 14.5. The number of hydrogen-bond donors (Lipinski definition) is 0. The van der Waals surface area contributed by atoms with Crippen LogP contribution >= 0.6 is 0 Å². The molecule has 142 valence electrons. The first-order valence-corrected chi connectivity index (χ1v) is 8.17. The van der Waals surface area contributed by atoms with E-state index in [1.54, 1.807) is 17.0 Å². The number of anilines is 2. The molecule has 0 spiro atoms. The van der Waals surface area contributed by atoms with Crippen LogP contribution in [0.2, 0.25) is 0 Å². The molecule has 2 aromatic carbocycles. The molecule has 0 radical (unpaired) electrons. The third kappa shape index (κ3) is 3.73. The van der Waals surface area contributed by atoms with Crippen molar-refractivity contribution >= 4 is 22.7 Å². The predicted molar refractivity (Wildman–Crippen MR) is 97.1 cm³/mol. The number of rotatable bonds is 5. The van der Waals surface area contributed by atoms with Gasteiger partial charge in [-0.05, 0) is 18.2 Å². The quantitative estimate of drug-likeness (QED) is 0.584. The summed E-state index contributed by atoms with van der Waals surface area (Å²) < 4.78 is 18.8. The summed E-state index contributed by atoms with van der Waals surface area (Å²) in [6.07, 6.45) is 0. The zero-order valence-electron chi connectivity index (χ0n) is 14.5. The van der Waals surface area contributed by atoms with Gasteiger partial charge >= 0.3 is 0 Å². The van der Waals surface area contributed by atoms with Crippen molar-refractivity contribution in [1.29, 1.82) is 0 Å². The first kappa shape index (κ1) is 18.4. The monoisotopic (exact) mass is 376 g/mol. The Kier molecular flexibility index (Phi) is 5.06. The second kappa shape index (κ2) is 7.44. The first-order chi connectivity index (χ1) is 12.9.